The van der Waals surface area contributed by atoms with Gasteiger partial charge in [0.25, 0.3) is 0 Å². The number of unbranched alkanes of at least 4 members (excludes halogenated alkanes) is 11. The van der Waals surface area contributed by atoms with Gasteiger partial charge in [-0.05, 0) is 19.3 Å². The summed E-state index contributed by atoms with van der Waals surface area (Å²) in [4.78, 5) is 15.5. The van der Waals surface area contributed by atoms with E-state index in [0.29, 0.717) is 11.9 Å². The number of carbonyl (C=O) groups is 1. The van der Waals surface area contributed by atoms with E-state index in [9.17, 15) is 4.79 Å². The maximum absolute atomic E-state index is 13.2. The first-order chi connectivity index (χ1) is 13.4. The molecule has 168 valence electrons. The van der Waals surface area contributed by atoms with Crippen LogP contribution >= 0.6 is 0 Å². The Morgan fingerprint density at radius 2 is 1.04 bits per heavy atom. The molecule has 0 aliphatic carbocycles. The second-order valence-electron chi connectivity index (χ2n) is 9.87. The molecule has 0 radical (unpaired) electrons. The lowest BCUT2D eigenvalue weighted by molar-refractivity contribution is -0.142. The number of nitrogens with zero attached hydrogens (tertiary/aromatic N) is 1. The van der Waals surface area contributed by atoms with Gasteiger partial charge in [-0.15, -0.1) is 0 Å². The third-order valence-electron chi connectivity index (χ3n) is 5.88. The molecule has 28 heavy (non-hydrogen) atoms. The van der Waals surface area contributed by atoms with Gasteiger partial charge in [-0.3, -0.25) is 4.79 Å². The maximum atomic E-state index is 13.2. The van der Waals surface area contributed by atoms with Crippen molar-refractivity contribution in [2.45, 2.75) is 150 Å². The van der Waals surface area contributed by atoms with Gasteiger partial charge in [0.15, 0.2) is 0 Å². The van der Waals surface area contributed by atoms with Crippen LogP contribution in [-0.2, 0) is 4.79 Å². The summed E-state index contributed by atoms with van der Waals surface area (Å²) in [5.41, 5.74) is -0.270. The summed E-state index contributed by atoms with van der Waals surface area (Å²) in [6, 6.07) is 0.454. The fourth-order valence-corrected chi connectivity index (χ4v) is 3.99. The van der Waals surface area contributed by atoms with Crippen LogP contribution < -0.4 is 0 Å². The van der Waals surface area contributed by atoms with Crippen molar-refractivity contribution >= 4 is 5.91 Å². The molecule has 0 aromatic carbocycles. The van der Waals surface area contributed by atoms with Crippen LogP contribution in [0.15, 0.2) is 0 Å². The van der Waals surface area contributed by atoms with Crippen molar-refractivity contribution in [3.05, 3.63) is 0 Å². The molecule has 0 aromatic rings. The first kappa shape index (κ1) is 27.5. The minimum atomic E-state index is -0.270. The van der Waals surface area contributed by atoms with Gasteiger partial charge in [-0.1, -0.05) is 125 Å². The lowest BCUT2D eigenvalue weighted by Crippen LogP contribution is -2.46. The number of amides is 1. The largest absolute Gasteiger partial charge is 0.339 e. The third-order valence-corrected chi connectivity index (χ3v) is 5.88. The van der Waals surface area contributed by atoms with Crippen LogP contribution in [0, 0.1) is 5.41 Å². The number of hydrogen-bond donors (Lipinski definition) is 0. The van der Waals surface area contributed by atoms with Crippen LogP contribution in [0.3, 0.4) is 0 Å². The summed E-state index contributed by atoms with van der Waals surface area (Å²) in [5, 5.41) is 0. The Kier molecular flexibility index (Phi) is 17.0. The van der Waals surface area contributed by atoms with E-state index in [1.54, 1.807) is 0 Å². The van der Waals surface area contributed by atoms with Crippen molar-refractivity contribution in [3.8, 4) is 0 Å². The van der Waals surface area contributed by atoms with Crippen LogP contribution in [0.4, 0.5) is 0 Å². The molecule has 0 saturated heterocycles. The van der Waals surface area contributed by atoms with Gasteiger partial charge in [-0.25, -0.2) is 0 Å². The fourth-order valence-electron chi connectivity index (χ4n) is 3.99. The van der Waals surface area contributed by atoms with Crippen molar-refractivity contribution in [3.63, 3.8) is 0 Å². The summed E-state index contributed by atoms with van der Waals surface area (Å²) >= 11 is 0. The van der Waals surface area contributed by atoms with Crippen LogP contribution in [0.5, 0.6) is 0 Å². The molecule has 0 aliphatic heterocycles. The molecule has 0 heterocycles. The Bertz CT molecular complexity index is 342. The quantitative estimate of drug-likeness (QED) is 0.213. The molecule has 0 aliphatic rings. The first-order valence-electron chi connectivity index (χ1n) is 12.7. The SMILES string of the molecule is CCCCCCCCC(CCCCCCCC)N(CCCC)C(=O)C(C)(C)C. The van der Waals surface area contributed by atoms with E-state index < -0.39 is 0 Å². The number of carbonyl (C=O) groups excluding carboxylic acids is 1. The second-order valence-corrected chi connectivity index (χ2v) is 9.87. The molecule has 2 heteroatoms. The zero-order chi connectivity index (χ0) is 21.3. The highest BCUT2D eigenvalue weighted by atomic mass is 16.2. The monoisotopic (exact) mass is 395 g/mol. The lowest BCUT2D eigenvalue weighted by Gasteiger charge is -2.36. The van der Waals surface area contributed by atoms with Crippen molar-refractivity contribution in [2.75, 3.05) is 6.54 Å². The van der Waals surface area contributed by atoms with Gasteiger partial charge in [0, 0.05) is 18.0 Å². The van der Waals surface area contributed by atoms with Crippen molar-refractivity contribution in [1.29, 1.82) is 0 Å². The predicted molar refractivity (Wildman–Crippen MR) is 126 cm³/mol. The molecule has 2 nitrogen and oxygen atoms in total. The molecule has 0 N–H and O–H groups in total. The van der Waals surface area contributed by atoms with Crippen molar-refractivity contribution < 1.29 is 4.79 Å². The van der Waals surface area contributed by atoms with E-state index in [-0.39, 0.29) is 5.41 Å². The van der Waals surface area contributed by atoms with Gasteiger partial charge < -0.3 is 4.90 Å². The van der Waals surface area contributed by atoms with Gasteiger partial charge in [-0.2, -0.15) is 0 Å². The summed E-state index contributed by atoms with van der Waals surface area (Å²) in [7, 11) is 0. The summed E-state index contributed by atoms with van der Waals surface area (Å²) < 4.78 is 0. The van der Waals surface area contributed by atoms with Gasteiger partial charge in [0.1, 0.15) is 0 Å². The van der Waals surface area contributed by atoms with E-state index in [0.717, 1.165) is 19.4 Å². The van der Waals surface area contributed by atoms with E-state index in [4.69, 9.17) is 0 Å². The summed E-state index contributed by atoms with van der Waals surface area (Å²) in [6.07, 6.45) is 20.7. The normalized spacial score (nSPS) is 12.0. The Labute approximate surface area is 178 Å². The van der Waals surface area contributed by atoms with Gasteiger partial charge in [0.2, 0.25) is 5.91 Å². The Balaban J connectivity index is 4.77. The van der Waals surface area contributed by atoms with E-state index in [2.05, 4.69) is 46.4 Å². The molecule has 0 rings (SSSR count). The molecule has 0 bridgehead atoms. The average Bonchev–Trinajstić information content (AvgIpc) is 2.65. The minimum Gasteiger partial charge on any atom is -0.339 e. The van der Waals surface area contributed by atoms with Crippen LogP contribution in [0.25, 0.3) is 0 Å². The topological polar surface area (TPSA) is 20.3 Å². The van der Waals surface area contributed by atoms with Crippen molar-refractivity contribution in [1.82, 2.24) is 4.90 Å². The molecular weight excluding hydrogens is 342 g/mol. The first-order valence-corrected chi connectivity index (χ1v) is 12.7. The third kappa shape index (κ3) is 13.6. The smallest absolute Gasteiger partial charge is 0.228 e. The summed E-state index contributed by atoms with van der Waals surface area (Å²) in [6.45, 7) is 14.0. The average molecular weight is 396 g/mol. The Morgan fingerprint density at radius 1 is 0.643 bits per heavy atom. The molecular formula is C26H53NO. The maximum Gasteiger partial charge on any atom is 0.228 e. The summed E-state index contributed by atoms with van der Waals surface area (Å²) in [5.74, 6) is 0.364. The highest BCUT2D eigenvalue weighted by Crippen LogP contribution is 2.25. The highest BCUT2D eigenvalue weighted by Gasteiger charge is 2.31. The van der Waals surface area contributed by atoms with Gasteiger partial charge >= 0.3 is 0 Å². The second kappa shape index (κ2) is 17.3. The zero-order valence-electron chi connectivity index (χ0n) is 20.5. The molecule has 0 aromatic heterocycles. The molecule has 1 amide bonds. The van der Waals surface area contributed by atoms with Crippen LogP contribution in [0.1, 0.15) is 144 Å². The number of hydrogen-bond acceptors (Lipinski definition) is 1. The molecule has 0 saturated carbocycles. The number of rotatable bonds is 18. The fraction of sp³-hybridized carbons (Fsp3) is 0.962. The van der Waals surface area contributed by atoms with Gasteiger partial charge in [0.05, 0.1) is 0 Å². The Morgan fingerprint density at radius 3 is 1.43 bits per heavy atom. The molecule has 0 unspecified atom stereocenters. The lowest BCUT2D eigenvalue weighted by atomic mass is 9.91. The van der Waals surface area contributed by atoms with Crippen LogP contribution in [-0.4, -0.2) is 23.4 Å². The van der Waals surface area contributed by atoms with E-state index in [1.807, 2.05) is 0 Å². The molecule has 0 atom stereocenters. The predicted octanol–water partition coefficient (Wildman–Crippen LogP) is 8.53. The van der Waals surface area contributed by atoms with E-state index in [1.165, 1.54) is 89.9 Å². The zero-order valence-corrected chi connectivity index (χ0v) is 20.5. The standard InChI is InChI=1S/C26H53NO/c1-7-10-13-15-17-19-21-24(22-20-18-16-14-11-8-2)27(23-12-9-3)25(28)26(4,5)6/h24H,7-23H2,1-6H3. The molecule has 0 spiro atoms. The van der Waals surface area contributed by atoms with Crippen LogP contribution in [0.2, 0.25) is 0 Å². The van der Waals surface area contributed by atoms with Crippen molar-refractivity contribution in [2.24, 2.45) is 5.41 Å². The van der Waals surface area contributed by atoms with E-state index >= 15 is 0 Å². The molecule has 0 fully saturated rings. The minimum absolute atomic E-state index is 0.270. The Hall–Kier alpha value is -0.530. The highest BCUT2D eigenvalue weighted by molar-refractivity contribution is 5.81.